The van der Waals surface area contributed by atoms with E-state index in [1.165, 1.54) is 6.42 Å². The van der Waals surface area contributed by atoms with E-state index >= 15 is 0 Å². The maximum Gasteiger partial charge on any atom is 0.192 e. The van der Waals surface area contributed by atoms with Crippen LogP contribution in [0.4, 0.5) is 0 Å². The number of methoxy groups -OCH3 is 1. The molecule has 42 heavy (non-hydrogen) atoms. The summed E-state index contributed by atoms with van der Waals surface area (Å²) in [6.07, 6.45) is 2.87. The van der Waals surface area contributed by atoms with Gasteiger partial charge in [0.25, 0.3) is 0 Å². The molecular weight excluding hydrogens is 589 g/mol. The third-order valence-corrected chi connectivity index (χ3v) is 17.0. The van der Waals surface area contributed by atoms with Crippen molar-refractivity contribution in [3.05, 3.63) is 29.8 Å². The summed E-state index contributed by atoms with van der Waals surface area (Å²) in [5.41, 5.74) is 1.05. The molecule has 0 radical (unpaired) electrons. The number of aliphatic hydroxyl groups is 1. The van der Waals surface area contributed by atoms with Crippen LogP contribution < -0.4 is 4.74 Å². The molecule has 3 aliphatic rings. The van der Waals surface area contributed by atoms with Crippen molar-refractivity contribution < 1.29 is 33.3 Å². The topological polar surface area (TPSA) is 83.5 Å². The molecule has 0 amide bonds. The SMILES string of the molecule is COc1ccc(COC[C@H]2C[C@H](O)C[C@@]3(CC4(C[C@@H](CC(=O)[C@@H](C)CO[Si](C)(C)C(C)(C)C)O3)SCCCS4)O2)cc1. The minimum absolute atomic E-state index is 0.0755. The largest absolute Gasteiger partial charge is 0.497 e. The second kappa shape index (κ2) is 14.2. The molecule has 1 aromatic rings. The number of rotatable bonds is 11. The first-order valence-corrected chi connectivity index (χ1v) is 20.3. The number of hydrogen-bond donors (Lipinski definition) is 1. The number of benzene rings is 1. The molecule has 0 bridgehead atoms. The van der Waals surface area contributed by atoms with Crippen LogP contribution >= 0.6 is 23.5 Å². The Kier molecular flexibility index (Phi) is 11.6. The van der Waals surface area contributed by atoms with Crippen LogP contribution in [0.15, 0.2) is 24.3 Å². The van der Waals surface area contributed by atoms with Crippen LogP contribution in [0.25, 0.3) is 0 Å². The number of aliphatic hydroxyl groups excluding tert-OH is 1. The minimum Gasteiger partial charge on any atom is -0.497 e. The van der Waals surface area contributed by atoms with Gasteiger partial charge in [0.1, 0.15) is 11.5 Å². The first-order chi connectivity index (χ1) is 19.7. The van der Waals surface area contributed by atoms with Crippen LogP contribution in [-0.4, -0.2) is 79.2 Å². The lowest BCUT2D eigenvalue weighted by atomic mass is 9.88. The zero-order chi connectivity index (χ0) is 30.6. The molecule has 2 spiro atoms. The second-order valence-electron chi connectivity index (χ2n) is 13.8. The second-order valence-corrected chi connectivity index (χ2v) is 21.9. The third-order valence-electron chi connectivity index (χ3n) is 9.15. The van der Waals surface area contributed by atoms with Crippen LogP contribution in [-0.2, 0) is 30.0 Å². The summed E-state index contributed by atoms with van der Waals surface area (Å²) in [6.45, 7) is 14.4. The summed E-state index contributed by atoms with van der Waals surface area (Å²) in [4.78, 5) is 13.5. The molecule has 0 aliphatic carbocycles. The smallest absolute Gasteiger partial charge is 0.192 e. The molecule has 3 aliphatic heterocycles. The summed E-state index contributed by atoms with van der Waals surface area (Å²) < 4.78 is 31.0. The Balaban J connectivity index is 1.40. The number of thioether (sulfide) groups is 2. The standard InChI is InChI=1S/C32H52O7S2Si/c1-23(19-37-42(6,7)30(2,3)4)29(34)16-27-18-32(40-13-8-14-41-32)22-31(38-27)17-25(33)15-28(39-31)21-36-20-24-9-11-26(35-5)12-10-24/h9-12,23,25,27-28,33H,8,13-22H2,1-7H3/t23-,25-,27+,28+,31-/m0/s1. The van der Waals surface area contributed by atoms with Gasteiger partial charge in [-0.2, -0.15) is 0 Å². The van der Waals surface area contributed by atoms with Gasteiger partial charge in [0.2, 0.25) is 0 Å². The van der Waals surface area contributed by atoms with E-state index in [4.69, 9.17) is 23.4 Å². The van der Waals surface area contributed by atoms with Crippen molar-refractivity contribution in [2.24, 2.45) is 5.92 Å². The van der Waals surface area contributed by atoms with Crippen molar-refractivity contribution >= 4 is 37.6 Å². The fourth-order valence-electron chi connectivity index (χ4n) is 5.70. The predicted molar refractivity (Wildman–Crippen MR) is 174 cm³/mol. The van der Waals surface area contributed by atoms with E-state index in [0.717, 1.165) is 29.2 Å². The molecular formula is C32H52O7S2Si. The molecule has 5 atom stereocenters. The van der Waals surface area contributed by atoms with Crippen LogP contribution in [0, 0.1) is 5.92 Å². The summed E-state index contributed by atoms with van der Waals surface area (Å²) in [6, 6.07) is 7.82. The van der Waals surface area contributed by atoms with Crippen LogP contribution in [0.2, 0.25) is 18.1 Å². The number of ether oxygens (including phenoxy) is 4. The van der Waals surface area contributed by atoms with Crippen molar-refractivity contribution in [3.8, 4) is 5.75 Å². The van der Waals surface area contributed by atoms with Crippen molar-refractivity contribution in [2.45, 2.75) is 119 Å². The van der Waals surface area contributed by atoms with E-state index in [9.17, 15) is 9.90 Å². The van der Waals surface area contributed by atoms with E-state index in [2.05, 4.69) is 33.9 Å². The maximum absolute atomic E-state index is 13.5. The Morgan fingerprint density at radius 3 is 2.43 bits per heavy atom. The lowest BCUT2D eigenvalue weighted by Gasteiger charge is -2.54. The number of ketones is 1. The fraction of sp³-hybridized carbons (Fsp3) is 0.781. The summed E-state index contributed by atoms with van der Waals surface area (Å²) in [5.74, 6) is 2.06. The zero-order valence-corrected chi connectivity index (χ0v) is 29.2. The lowest BCUT2D eigenvalue weighted by molar-refractivity contribution is -0.331. The monoisotopic (exact) mass is 640 g/mol. The van der Waals surface area contributed by atoms with E-state index in [1.54, 1.807) is 7.11 Å². The summed E-state index contributed by atoms with van der Waals surface area (Å²) >= 11 is 3.96. The van der Waals surface area contributed by atoms with Gasteiger partial charge in [-0.3, -0.25) is 4.79 Å². The van der Waals surface area contributed by atoms with Crippen molar-refractivity contribution in [1.82, 2.24) is 0 Å². The summed E-state index contributed by atoms with van der Waals surface area (Å²) in [7, 11) is -0.285. The Morgan fingerprint density at radius 2 is 1.79 bits per heavy atom. The minimum atomic E-state index is -1.94. The van der Waals surface area contributed by atoms with Gasteiger partial charge in [0.15, 0.2) is 14.1 Å². The number of carbonyl (C=O) groups is 1. The number of Topliss-reactive ketones (excluding diaryl/α,β-unsaturated/α-hetero) is 1. The average molecular weight is 641 g/mol. The average Bonchev–Trinajstić information content (AvgIpc) is 2.91. The van der Waals surface area contributed by atoms with Gasteiger partial charge in [-0.15, -0.1) is 23.5 Å². The molecule has 1 N–H and O–H groups in total. The highest BCUT2D eigenvalue weighted by molar-refractivity contribution is 8.18. The van der Waals surface area contributed by atoms with E-state index in [1.807, 2.05) is 54.7 Å². The zero-order valence-electron chi connectivity index (χ0n) is 26.6. The molecule has 3 fully saturated rings. The number of carbonyl (C=O) groups excluding carboxylic acids is 1. The Bertz CT molecular complexity index is 1020. The molecule has 3 saturated heterocycles. The molecule has 3 heterocycles. The van der Waals surface area contributed by atoms with Gasteiger partial charge in [0.05, 0.1) is 42.7 Å². The Hall–Kier alpha value is -0.593. The number of hydrogen-bond acceptors (Lipinski definition) is 9. The Morgan fingerprint density at radius 1 is 1.12 bits per heavy atom. The molecule has 0 unspecified atom stereocenters. The van der Waals surface area contributed by atoms with Crippen molar-refractivity contribution in [1.29, 1.82) is 0 Å². The predicted octanol–water partition coefficient (Wildman–Crippen LogP) is 6.81. The molecule has 1 aromatic carbocycles. The summed E-state index contributed by atoms with van der Waals surface area (Å²) in [5, 5.41) is 11.1. The first kappa shape index (κ1) is 34.3. The highest BCUT2D eigenvalue weighted by atomic mass is 32.2. The molecule has 4 rings (SSSR count). The quantitative estimate of drug-likeness (QED) is 0.262. The van der Waals surface area contributed by atoms with Gasteiger partial charge >= 0.3 is 0 Å². The molecule has 0 aromatic heterocycles. The highest BCUT2D eigenvalue weighted by Gasteiger charge is 2.55. The normalized spacial score (nSPS) is 29.0. The maximum atomic E-state index is 13.5. The molecule has 10 heteroatoms. The van der Waals surface area contributed by atoms with E-state index in [0.29, 0.717) is 45.5 Å². The van der Waals surface area contributed by atoms with Gasteiger partial charge in [-0.05, 0) is 60.2 Å². The van der Waals surface area contributed by atoms with Crippen molar-refractivity contribution in [3.63, 3.8) is 0 Å². The van der Waals surface area contributed by atoms with E-state index in [-0.39, 0.29) is 33.0 Å². The Labute approximate surface area is 262 Å². The van der Waals surface area contributed by atoms with Gasteiger partial charge in [-0.1, -0.05) is 39.8 Å². The first-order valence-electron chi connectivity index (χ1n) is 15.4. The van der Waals surface area contributed by atoms with Crippen molar-refractivity contribution in [2.75, 3.05) is 31.8 Å². The van der Waals surface area contributed by atoms with Crippen LogP contribution in [0.5, 0.6) is 5.75 Å². The fourth-order valence-corrected chi connectivity index (χ4v) is 10.4. The van der Waals surface area contributed by atoms with Gasteiger partial charge in [-0.25, -0.2) is 0 Å². The van der Waals surface area contributed by atoms with Gasteiger partial charge < -0.3 is 28.5 Å². The highest BCUT2D eigenvalue weighted by Crippen LogP contribution is 2.56. The van der Waals surface area contributed by atoms with Crippen LogP contribution in [0.3, 0.4) is 0 Å². The molecule has 7 nitrogen and oxygen atoms in total. The molecule has 0 saturated carbocycles. The lowest BCUT2D eigenvalue weighted by Crippen LogP contribution is -2.58. The molecule has 238 valence electrons. The third kappa shape index (κ3) is 8.99. The van der Waals surface area contributed by atoms with Crippen LogP contribution in [0.1, 0.15) is 71.8 Å². The van der Waals surface area contributed by atoms with E-state index < -0.39 is 20.2 Å². The van der Waals surface area contributed by atoms with Gasteiger partial charge in [0, 0.05) is 38.2 Å².